The number of aliphatic hydroxyl groups excluding tert-OH is 1. The molecule has 0 saturated carbocycles. The largest absolute Gasteiger partial charge is 0.394 e. The van der Waals surface area contributed by atoms with Gasteiger partial charge in [-0.05, 0) is 27.4 Å². The van der Waals surface area contributed by atoms with E-state index in [-0.39, 0.29) is 13.0 Å². The molecule has 0 aliphatic carbocycles. The van der Waals surface area contributed by atoms with Crippen LogP contribution in [0.2, 0.25) is 0 Å². The Balaban J connectivity index is 1.74. The molecule has 3 atom stereocenters. The molecule has 24 heavy (non-hydrogen) atoms. The first kappa shape index (κ1) is 17.5. The number of hydrogen-bond acceptors (Lipinski definition) is 6. The van der Waals surface area contributed by atoms with Gasteiger partial charge in [0.25, 0.3) is 5.56 Å². The highest BCUT2D eigenvalue weighted by molar-refractivity contribution is 9.10. The van der Waals surface area contributed by atoms with E-state index in [1.165, 1.54) is 11.3 Å². The van der Waals surface area contributed by atoms with Crippen molar-refractivity contribution < 1.29 is 19.0 Å². The number of nitrogens with zero attached hydrogens (tertiary/aromatic N) is 1. The summed E-state index contributed by atoms with van der Waals surface area (Å²) >= 11 is 4.94. The highest BCUT2D eigenvalue weighted by atomic mass is 79.9. The molecule has 0 spiro atoms. The number of rotatable bonds is 5. The van der Waals surface area contributed by atoms with E-state index in [9.17, 15) is 19.1 Å². The van der Waals surface area contributed by atoms with Crippen LogP contribution in [0.3, 0.4) is 0 Å². The number of ether oxygens (including phenoxy) is 2. The van der Waals surface area contributed by atoms with Crippen LogP contribution in [0, 0.1) is 5.82 Å². The van der Waals surface area contributed by atoms with E-state index in [0.717, 1.165) is 20.1 Å². The summed E-state index contributed by atoms with van der Waals surface area (Å²) in [6.07, 6.45) is -0.873. The Bertz CT molecular complexity index is 835. The van der Waals surface area contributed by atoms with Crippen LogP contribution in [0.5, 0.6) is 0 Å². The fourth-order valence-electron chi connectivity index (χ4n) is 2.50. The van der Waals surface area contributed by atoms with Gasteiger partial charge < -0.3 is 14.6 Å². The van der Waals surface area contributed by atoms with Gasteiger partial charge in [0.15, 0.2) is 0 Å². The zero-order valence-electron chi connectivity index (χ0n) is 12.3. The lowest BCUT2D eigenvalue weighted by Gasteiger charge is -2.16. The number of aromatic amines is 1. The molecule has 130 valence electrons. The van der Waals surface area contributed by atoms with E-state index in [4.69, 9.17) is 9.47 Å². The molecular formula is C14H14BrFN2O5S. The van der Waals surface area contributed by atoms with Crippen molar-refractivity contribution >= 4 is 27.3 Å². The Kier molecular flexibility index (Phi) is 5.30. The molecule has 0 amide bonds. The Labute approximate surface area is 147 Å². The van der Waals surface area contributed by atoms with E-state index in [2.05, 4.69) is 15.9 Å². The predicted molar refractivity (Wildman–Crippen MR) is 87.5 cm³/mol. The first-order valence-corrected chi connectivity index (χ1v) is 8.77. The maximum atomic E-state index is 13.4. The summed E-state index contributed by atoms with van der Waals surface area (Å²) in [4.78, 5) is 25.8. The Morgan fingerprint density at radius 2 is 2.33 bits per heavy atom. The van der Waals surface area contributed by atoms with Gasteiger partial charge in [0.05, 0.1) is 25.5 Å². The Hall–Kier alpha value is -1.33. The number of nitrogens with one attached hydrogen (secondary N) is 1. The van der Waals surface area contributed by atoms with Crippen molar-refractivity contribution in [3.05, 3.63) is 53.6 Å². The smallest absolute Gasteiger partial charge is 0.330 e. The minimum atomic E-state index is -1.08. The molecule has 1 aliphatic rings. The second kappa shape index (κ2) is 7.28. The lowest BCUT2D eigenvalue weighted by molar-refractivity contribution is -0.0656. The zero-order valence-corrected chi connectivity index (χ0v) is 14.7. The lowest BCUT2D eigenvalue weighted by atomic mass is 10.2. The third kappa shape index (κ3) is 3.52. The third-order valence-electron chi connectivity index (χ3n) is 3.71. The number of aliphatic hydroxyl groups is 1. The summed E-state index contributed by atoms with van der Waals surface area (Å²) in [5, 5.41) is 11.4. The minimum absolute atomic E-state index is 0.250. The molecule has 0 unspecified atom stereocenters. The summed E-state index contributed by atoms with van der Waals surface area (Å²) in [5.41, 5.74) is -1.85. The molecule has 7 nitrogen and oxygen atoms in total. The number of thiophene rings is 1. The van der Waals surface area contributed by atoms with Crippen LogP contribution in [0.4, 0.5) is 4.39 Å². The molecule has 2 N–H and O–H groups in total. The van der Waals surface area contributed by atoms with Crippen molar-refractivity contribution in [2.45, 2.75) is 31.5 Å². The summed E-state index contributed by atoms with van der Waals surface area (Å²) in [7, 11) is 0. The van der Waals surface area contributed by atoms with Crippen molar-refractivity contribution in [3.63, 3.8) is 0 Å². The molecule has 3 rings (SSSR count). The number of hydrogen-bond donors (Lipinski definition) is 2. The highest BCUT2D eigenvalue weighted by Crippen LogP contribution is 2.31. The molecule has 0 aromatic carbocycles. The van der Waals surface area contributed by atoms with Crippen LogP contribution in [0.15, 0.2) is 31.7 Å². The Morgan fingerprint density at radius 3 is 3.00 bits per heavy atom. The lowest BCUT2D eigenvalue weighted by Crippen LogP contribution is -2.34. The average molecular weight is 421 g/mol. The van der Waals surface area contributed by atoms with Gasteiger partial charge in [-0.25, -0.2) is 4.79 Å². The second-order valence-corrected chi connectivity index (χ2v) is 7.09. The summed E-state index contributed by atoms with van der Waals surface area (Å²) < 4.78 is 26.7. The van der Waals surface area contributed by atoms with Crippen molar-refractivity contribution in [3.8, 4) is 0 Å². The zero-order chi connectivity index (χ0) is 17.3. The van der Waals surface area contributed by atoms with Crippen LogP contribution >= 0.6 is 27.3 Å². The van der Waals surface area contributed by atoms with E-state index >= 15 is 0 Å². The molecule has 0 radical (unpaired) electrons. The SMILES string of the molecule is O=c1[nH]c(=O)n([C@H]2C[C@H](OCc3sccc3Br)[C@@H](CO)O2)cc1F. The molecule has 1 aliphatic heterocycles. The van der Waals surface area contributed by atoms with Crippen LogP contribution in [-0.2, 0) is 16.1 Å². The van der Waals surface area contributed by atoms with Gasteiger partial charge >= 0.3 is 5.69 Å². The topological polar surface area (TPSA) is 93.6 Å². The number of H-pyrrole nitrogens is 1. The van der Waals surface area contributed by atoms with Crippen molar-refractivity contribution in [1.29, 1.82) is 0 Å². The fraction of sp³-hybridized carbons (Fsp3) is 0.429. The normalized spacial score (nSPS) is 23.7. The van der Waals surface area contributed by atoms with Crippen molar-refractivity contribution in [2.75, 3.05) is 6.61 Å². The van der Waals surface area contributed by atoms with Gasteiger partial charge in [-0.15, -0.1) is 11.3 Å². The van der Waals surface area contributed by atoms with E-state index in [1.807, 2.05) is 16.4 Å². The van der Waals surface area contributed by atoms with Crippen LogP contribution in [0.1, 0.15) is 17.5 Å². The van der Waals surface area contributed by atoms with Crippen molar-refractivity contribution in [2.24, 2.45) is 0 Å². The second-order valence-electron chi connectivity index (χ2n) is 5.23. The van der Waals surface area contributed by atoms with Gasteiger partial charge in [0.1, 0.15) is 12.3 Å². The molecule has 2 aromatic heterocycles. The van der Waals surface area contributed by atoms with E-state index < -0.39 is 35.5 Å². The first-order valence-electron chi connectivity index (χ1n) is 7.10. The van der Waals surface area contributed by atoms with E-state index in [0.29, 0.717) is 6.61 Å². The summed E-state index contributed by atoms with van der Waals surface area (Å²) in [5.74, 6) is -1.08. The molecule has 1 fully saturated rings. The van der Waals surface area contributed by atoms with Gasteiger partial charge in [-0.1, -0.05) is 0 Å². The maximum absolute atomic E-state index is 13.4. The molecule has 2 aromatic rings. The first-order chi connectivity index (χ1) is 11.5. The van der Waals surface area contributed by atoms with Gasteiger partial charge in [0.2, 0.25) is 5.82 Å². The number of aromatic nitrogens is 2. The molecular weight excluding hydrogens is 407 g/mol. The average Bonchev–Trinajstić information content (AvgIpc) is 3.14. The molecule has 0 bridgehead atoms. The number of halogens is 2. The predicted octanol–water partition coefficient (Wildman–Crippen LogP) is 1.36. The minimum Gasteiger partial charge on any atom is -0.394 e. The van der Waals surface area contributed by atoms with Gasteiger partial charge in [-0.3, -0.25) is 14.3 Å². The maximum Gasteiger partial charge on any atom is 0.330 e. The van der Waals surface area contributed by atoms with Crippen molar-refractivity contribution in [1.82, 2.24) is 9.55 Å². The molecule has 1 saturated heterocycles. The quantitative estimate of drug-likeness (QED) is 0.761. The van der Waals surface area contributed by atoms with Gasteiger partial charge in [-0.2, -0.15) is 4.39 Å². The van der Waals surface area contributed by atoms with Crippen LogP contribution in [0.25, 0.3) is 0 Å². The molecule has 3 heterocycles. The van der Waals surface area contributed by atoms with E-state index in [1.54, 1.807) is 0 Å². The molecule has 10 heteroatoms. The summed E-state index contributed by atoms with van der Waals surface area (Å²) in [6, 6.07) is 1.91. The standard InChI is InChI=1S/C14H14BrFN2O5S/c15-7-1-2-24-11(7)6-22-9-3-12(23-10(9)5-19)18-4-8(16)13(20)17-14(18)21/h1-2,4,9-10,12,19H,3,5-6H2,(H,17,20,21)/t9-,10+,12+/m0/s1. The third-order valence-corrected chi connectivity index (χ3v) is 5.61. The van der Waals surface area contributed by atoms with Gasteiger partial charge in [0, 0.05) is 15.8 Å². The highest BCUT2D eigenvalue weighted by Gasteiger charge is 2.37. The summed E-state index contributed by atoms with van der Waals surface area (Å²) in [6.45, 7) is 0.0255. The Morgan fingerprint density at radius 1 is 1.54 bits per heavy atom. The van der Waals surface area contributed by atoms with Crippen LogP contribution in [-0.4, -0.2) is 33.5 Å². The fourth-order valence-corrected chi connectivity index (χ4v) is 3.88. The van der Waals surface area contributed by atoms with Crippen LogP contribution < -0.4 is 11.2 Å². The monoisotopic (exact) mass is 420 g/mol.